The van der Waals surface area contributed by atoms with E-state index in [0.717, 1.165) is 38.9 Å². The number of nitrogens with two attached hydrogens (primary N) is 1. The standard InChI is InChI=1S/C17H21NO/c18-17(9-4-11-19-12-10-17)13-15-7-3-6-14-5-1-2-8-16(14)15/h1-3,5-8H,4,9-13,18H2. The van der Waals surface area contributed by atoms with Crippen LogP contribution in [-0.2, 0) is 11.2 Å². The summed E-state index contributed by atoms with van der Waals surface area (Å²) in [6, 6.07) is 15.1. The van der Waals surface area contributed by atoms with E-state index >= 15 is 0 Å². The van der Waals surface area contributed by atoms with Gasteiger partial charge in [-0.05, 0) is 42.0 Å². The van der Waals surface area contributed by atoms with Gasteiger partial charge in [-0.1, -0.05) is 42.5 Å². The first kappa shape index (κ1) is 12.6. The largest absolute Gasteiger partial charge is 0.381 e. The van der Waals surface area contributed by atoms with Crippen LogP contribution in [0.25, 0.3) is 10.8 Å². The number of rotatable bonds is 2. The molecule has 19 heavy (non-hydrogen) atoms. The second-order valence-electron chi connectivity index (χ2n) is 5.64. The molecule has 2 aromatic carbocycles. The van der Waals surface area contributed by atoms with Crippen molar-refractivity contribution in [2.45, 2.75) is 31.2 Å². The van der Waals surface area contributed by atoms with Crippen molar-refractivity contribution < 1.29 is 4.74 Å². The summed E-state index contributed by atoms with van der Waals surface area (Å²) in [5.41, 5.74) is 7.86. The first-order chi connectivity index (χ1) is 9.27. The van der Waals surface area contributed by atoms with Crippen molar-refractivity contribution in [2.24, 2.45) is 5.73 Å². The van der Waals surface area contributed by atoms with E-state index in [1.807, 2.05) is 0 Å². The maximum atomic E-state index is 6.60. The molecule has 1 heterocycles. The van der Waals surface area contributed by atoms with Gasteiger partial charge in [-0.25, -0.2) is 0 Å². The van der Waals surface area contributed by atoms with Crippen LogP contribution >= 0.6 is 0 Å². The topological polar surface area (TPSA) is 35.2 Å². The average Bonchev–Trinajstić information content (AvgIpc) is 2.64. The quantitative estimate of drug-likeness (QED) is 0.893. The summed E-state index contributed by atoms with van der Waals surface area (Å²) in [4.78, 5) is 0. The molecular weight excluding hydrogens is 234 g/mol. The Bertz CT molecular complexity index is 551. The molecule has 0 saturated carbocycles. The predicted molar refractivity (Wildman–Crippen MR) is 79.2 cm³/mol. The van der Waals surface area contributed by atoms with Gasteiger partial charge in [-0.3, -0.25) is 0 Å². The third-order valence-corrected chi connectivity index (χ3v) is 4.13. The van der Waals surface area contributed by atoms with Crippen molar-refractivity contribution >= 4 is 10.8 Å². The number of fused-ring (bicyclic) bond motifs is 1. The Morgan fingerprint density at radius 2 is 1.84 bits per heavy atom. The molecule has 0 aliphatic carbocycles. The minimum absolute atomic E-state index is 0.110. The van der Waals surface area contributed by atoms with Crippen LogP contribution in [0.15, 0.2) is 42.5 Å². The summed E-state index contributed by atoms with van der Waals surface area (Å²) in [6.07, 6.45) is 4.02. The van der Waals surface area contributed by atoms with Crippen molar-refractivity contribution in [3.8, 4) is 0 Å². The van der Waals surface area contributed by atoms with Crippen molar-refractivity contribution in [1.82, 2.24) is 0 Å². The van der Waals surface area contributed by atoms with Crippen LogP contribution in [0.2, 0.25) is 0 Å². The predicted octanol–water partition coefficient (Wildman–Crippen LogP) is 3.28. The fraction of sp³-hybridized carbons (Fsp3) is 0.412. The number of hydrogen-bond donors (Lipinski definition) is 1. The maximum Gasteiger partial charge on any atom is 0.0483 e. The van der Waals surface area contributed by atoms with E-state index in [4.69, 9.17) is 10.5 Å². The maximum absolute atomic E-state index is 6.60. The Morgan fingerprint density at radius 3 is 2.79 bits per heavy atom. The van der Waals surface area contributed by atoms with E-state index in [-0.39, 0.29) is 5.54 Å². The van der Waals surface area contributed by atoms with Crippen LogP contribution in [0.5, 0.6) is 0 Å². The van der Waals surface area contributed by atoms with Gasteiger partial charge in [0.1, 0.15) is 0 Å². The summed E-state index contributed by atoms with van der Waals surface area (Å²) in [7, 11) is 0. The van der Waals surface area contributed by atoms with Crippen LogP contribution in [-0.4, -0.2) is 18.8 Å². The zero-order valence-corrected chi connectivity index (χ0v) is 11.3. The minimum Gasteiger partial charge on any atom is -0.381 e. The molecule has 0 amide bonds. The number of benzene rings is 2. The Morgan fingerprint density at radius 1 is 1.00 bits per heavy atom. The molecule has 1 unspecified atom stereocenters. The second kappa shape index (κ2) is 5.32. The molecule has 0 radical (unpaired) electrons. The van der Waals surface area contributed by atoms with Crippen LogP contribution in [0, 0.1) is 0 Å². The van der Waals surface area contributed by atoms with Gasteiger partial charge < -0.3 is 10.5 Å². The summed E-state index contributed by atoms with van der Waals surface area (Å²) in [5.74, 6) is 0. The monoisotopic (exact) mass is 255 g/mol. The van der Waals surface area contributed by atoms with E-state index in [2.05, 4.69) is 42.5 Å². The number of ether oxygens (including phenoxy) is 1. The van der Waals surface area contributed by atoms with E-state index in [0.29, 0.717) is 0 Å². The van der Waals surface area contributed by atoms with Gasteiger partial charge in [0.05, 0.1) is 0 Å². The van der Waals surface area contributed by atoms with E-state index in [9.17, 15) is 0 Å². The lowest BCUT2D eigenvalue weighted by Crippen LogP contribution is -2.42. The minimum atomic E-state index is -0.110. The zero-order valence-electron chi connectivity index (χ0n) is 11.3. The van der Waals surface area contributed by atoms with Crippen LogP contribution < -0.4 is 5.73 Å². The highest BCUT2D eigenvalue weighted by molar-refractivity contribution is 5.85. The van der Waals surface area contributed by atoms with Crippen LogP contribution in [0.1, 0.15) is 24.8 Å². The molecular formula is C17H21NO. The van der Waals surface area contributed by atoms with Gasteiger partial charge in [0.25, 0.3) is 0 Å². The first-order valence-electron chi connectivity index (χ1n) is 7.10. The van der Waals surface area contributed by atoms with Gasteiger partial charge in [0.15, 0.2) is 0 Å². The first-order valence-corrected chi connectivity index (χ1v) is 7.10. The van der Waals surface area contributed by atoms with E-state index in [1.165, 1.54) is 16.3 Å². The molecule has 2 N–H and O–H groups in total. The molecule has 1 saturated heterocycles. The van der Waals surface area contributed by atoms with Gasteiger partial charge in [-0.2, -0.15) is 0 Å². The zero-order chi connectivity index (χ0) is 13.1. The molecule has 2 nitrogen and oxygen atoms in total. The Kier molecular flexibility index (Phi) is 3.54. The molecule has 1 aliphatic rings. The van der Waals surface area contributed by atoms with Crippen molar-refractivity contribution in [2.75, 3.05) is 13.2 Å². The van der Waals surface area contributed by atoms with Crippen LogP contribution in [0.4, 0.5) is 0 Å². The summed E-state index contributed by atoms with van der Waals surface area (Å²) >= 11 is 0. The third kappa shape index (κ3) is 2.80. The summed E-state index contributed by atoms with van der Waals surface area (Å²) in [5, 5.41) is 2.63. The summed E-state index contributed by atoms with van der Waals surface area (Å²) in [6.45, 7) is 1.65. The third-order valence-electron chi connectivity index (χ3n) is 4.13. The van der Waals surface area contributed by atoms with Crippen LogP contribution in [0.3, 0.4) is 0 Å². The van der Waals surface area contributed by atoms with Gasteiger partial charge in [0.2, 0.25) is 0 Å². The fourth-order valence-electron chi connectivity index (χ4n) is 3.03. The second-order valence-corrected chi connectivity index (χ2v) is 5.64. The molecule has 3 rings (SSSR count). The summed E-state index contributed by atoms with van der Waals surface area (Å²) < 4.78 is 5.54. The Hall–Kier alpha value is -1.38. The lowest BCUT2D eigenvalue weighted by Gasteiger charge is -2.28. The van der Waals surface area contributed by atoms with Gasteiger partial charge in [-0.15, -0.1) is 0 Å². The SMILES string of the molecule is NC1(Cc2cccc3ccccc23)CCCOCC1. The normalized spacial score (nSPS) is 24.3. The molecule has 2 aromatic rings. The van der Waals surface area contributed by atoms with E-state index < -0.39 is 0 Å². The molecule has 1 aliphatic heterocycles. The molecule has 0 aromatic heterocycles. The lowest BCUT2D eigenvalue weighted by atomic mass is 9.84. The van der Waals surface area contributed by atoms with Gasteiger partial charge >= 0.3 is 0 Å². The highest BCUT2D eigenvalue weighted by Crippen LogP contribution is 2.27. The molecule has 0 bridgehead atoms. The molecule has 0 spiro atoms. The van der Waals surface area contributed by atoms with Crippen molar-refractivity contribution in [3.05, 3.63) is 48.0 Å². The molecule has 100 valence electrons. The lowest BCUT2D eigenvalue weighted by molar-refractivity contribution is 0.139. The average molecular weight is 255 g/mol. The van der Waals surface area contributed by atoms with Crippen molar-refractivity contribution in [1.29, 1.82) is 0 Å². The molecule has 1 fully saturated rings. The highest BCUT2D eigenvalue weighted by atomic mass is 16.5. The Labute approximate surface area is 114 Å². The molecule has 2 heteroatoms. The smallest absolute Gasteiger partial charge is 0.0483 e. The Balaban J connectivity index is 1.92. The van der Waals surface area contributed by atoms with E-state index in [1.54, 1.807) is 0 Å². The van der Waals surface area contributed by atoms with Crippen molar-refractivity contribution in [3.63, 3.8) is 0 Å². The fourth-order valence-corrected chi connectivity index (χ4v) is 3.03. The highest BCUT2D eigenvalue weighted by Gasteiger charge is 2.27. The number of hydrogen-bond acceptors (Lipinski definition) is 2. The molecule has 1 atom stereocenters. The van der Waals surface area contributed by atoms with Gasteiger partial charge in [0, 0.05) is 18.8 Å².